The van der Waals surface area contributed by atoms with Crippen LogP contribution in [0.3, 0.4) is 0 Å². The second kappa shape index (κ2) is 7.83. The summed E-state index contributed by atoms with van der Waals surface area (Å²) < 4.78 is 66.0. The molecule has 1 saturated heterocycles. The Kier molecular flexibility index (Phi) is 5.98. The number of hydrogen-bond acceptors (Lipinski definition) is 4. The Labute approximate surface area is 173 Å². The third-order valence-electron chi connectivity index (χ3n) is 4.19. The molecule has 1 aromatic carbocycles. The first-order valence-electron chi connectivity index (χ1n) is 7.91. The zero-order valence-corrected chi connectivity index (χ0v) is 17.2. The van der Waals surface area contributed by atoms with Crippen LogP contribution >= 0.6 is 34.5 Å². The Bertz CT molecular complexity index is 1000. The number of carbonyl (C=O) groups is 1. The van der Waals surface area contributed by atoms with E-state index < -0.39 is 31.7 Å². The van der Waals surface area contributed by atoms with Crippen LogP contribution in [-0.4, -0.2) is 49.7 Å². The number of carbonyl (C=O) groups excluding carboxylic acids is 1. The predicted molar refractivity (Wildman–Crippen MR) is 100 cm³/mol. The maximum Gasteiger partial charge on any atom is 0.417 e. The lowest BCUT2D eigenvalue weighted by Crippen LogP contribution is -2.50. The number of rotatable bonds is 3. The lowest BCUT2D eigenvalue weighted by Gasteiger charge is -2.33. The summed E-state index contributed by atoms with van der Waals surface area (Å²) in [7, 11) is -4.15. The van der Waals surface area contributed by atoms with Gasteiger partial charge in [0.2, 0.25) is 10.0 Å². The summed E-state index contributed by atoms with van der Waals surface area (Å²) >= 11 is 12.5. The Morgan fingerprint density at radius 2 is 1.68 bits per heavy atom. The van der Waals surface area contributed by atoms with Crippen molar-refractivity contribution in [3.8, 4) is 0 Å². The van der Waals surface area contributed by atoms with Crippen molar-refractivity contribution >= 4 is 50.5 Å². The molecule has 0 atom stereocenters. The van der Waals surface area contributed by atoms with Crippen LogP contribution in [-0.2, 0) is 16.2 Å². The van der Waals surface area contributed by atoms with Gasteiger partial charge in [-0.05, 0) is 30.3 Å². The van der Waals surface area contributed by atoms with Gasteiger partial charge in [0, 0.05) is 26.2 Å². The van der Waals surface area contributed by atoms with Crippen molar-refractivity contribution in [2.24, 2.45) is 0 Å². The molecule has 28 heavy (non-hydrogen) atoms. The van der Waals surface area contributed by atoms with Gasteiger partial charge in [-0.15, -0.1) is 11.3 Å². The van der Waals surface area contributed by atoms with Crippen molar-refractivity contribution in [2.45, 2.75) is 11.1 Å². The fourth-order valence-electron chi connectivity index (χ4n) is 2.75. The molecule has 0 radical (unpaired) electrons. The van der Waals surface area contributed by atoms with Crippen LogP contribution in [0.4, 0.5) is 13.2 Å². The standard InChI is InChI=1S/C16H13Cl2F3N2O3S2/c17-12-2-1-10(9-11(12)16(19,20)21)28(25,26)23-7-5-22(6-8-23)15(24)13-3-4-14(18)27-13/h1-4,9H,5-8H2. The number of halogens is 5. The number of piperazine rings is 1. The third kappa shape index (κ3) is 4.30. The molecular formula is C16H13Cl2F3N2O3S2. The van der Waals surface area contributed by atoms with E-state index in [9.17, 15) is 26.4 Å². The van der Waals surface area contributed by atoms with Gasteiger partial charge in [0.05, 0.1) is 24.7 Å². The topological polar surface area (TPSA) is 57.7 Å². The van der Waals surface area contributed by atoms with Gasteiger partial charge < -0.3 is 4.90 Å². The monoisotopic (exact) mass is 472 g/mol. The fourth-order valence-corrected chi connectivity index (χ4v) is 5.43. The zero-order valence-electron chi connectivity index (χ0n) is 14.0. The molecule has 152 valence electrons. The molecule has 0 unspecified atom stereocenters. The van der Waals surface area contributed by atoms with Crippen LogP contribution in [0.25, 0.3) is 0 Å². The maximum atomic E-state index is 13.0. The lowest BCUT2D eigenvalue weighted by atomic mass is 10.2. The first-order valence-corrected chi connectivity index (χ1v) is 10.9. The molecule has 2 aromatic rings. The van der Waals surface area contributed by atoms with Crippen molar-refractivity contribution in [1.29, 1.82) is 0 Å². The molecule has 1 aliphatic rings. The predicted octanol–water partition coefficient (Wildman–Crippen LogP) is 4.22. The first kappa shape index (κ1) is 21.4. The molecule has 0 aliphatic carbocycles. The van der Waals surface area contributed by atoms with Crippen LogP contribution in [0.15, 0.2) is 35.2 Å². The van der Waals surface area contributed by atoms with Crippen LogP contribution in [0.2, 0.25) is 9.36 Å². The van der Waals surface area contributed by atoms with E-state index in [1.807, 2.05) is 0 Å². The van der Waals surface area contributed by atoms with Crippen LogP contribution < -0.4 is 0 Å². The summed E-state index contributed by atoms with van der Waals surface area (Å²) in [6.07, 6.45) is -4.77. The van der Waals surface area contributed by atoms with Crippen molar-refractivity contribution in [1.82, 2.24) is 9.21 Å². The smallest absolute Gasteiger partial charge is 0.335 e. The highest BCUT2D eigenvalue weighted by Gasteiger charge is 2.36. The minimum atomic E-state index is -4.77. The molecule has 1 fully saturated rings. The lowest BCUT2D eigenvalue weighted by molar-refractivity contribution is -0.137. The van der Waals surface area contributed by atoms with Crippen molar-refractivity contribution in [3.05, 3.63) is 50.1 Å². The summed E-state index contributed by atoms with van der Waals surface area (Å²) in [6.45, 7) is 0.176. The van der Waals surface area contributed by atoms with Gasteiger partial charge in [0.25, 0.3) is 5.91 Å². The summed E-state index contributed by atoms with van der Waals surface area (Å²) in [6, 6.07) is 5.67. The van der Waals surface area contributed by atoms with E-state index in [1.165, 1.54) is 4.90 Å². The third-order valence-corrected chi connectivity index (χ3v) is 7.63. The molecule has 0 N–H and O–H groups in total. The van der Waals surface area contributed by atoms with E-state index >= 15 is 0 Å². The molecule has 12 heteroatoms. The number of benzene rings is 1. The van der Waals surface area contributed by atoms with E-state index in [1.54, 1.807) is 12.1 Å². The Morgan fingerprint density at radius 1 is 1.04 bits per heavy atom. The minimum Gasteiger partial charge on any atom is -0.335 e. The maximum absolute atomic E-state index is 13.0. The summed E-state index contributed by atoms with van der Waals surface area (Å²) in [5, 5.41) is -0.573. The number of hydrogen-bond donors (Lipinski definition) is 0. The average Bonchev–Trinajstić information content (AvgIpc) is 3.07. The number of thiophene rings is 1. The molecule has 2 heterocycles. The minimum absolute atomic E-state index is 0.0306. The molecule has 0 saturated carbocycles. The quantitative estimate of drug-likeness (QED) is 0.671. The highest BCUT2D eigenvalue weighted by Crippen LogP contribution is 2.36. The largest absolute Gasteiger partial charge is 0.417 e. The summed E-state index contributed by atoms with van der Waals surface area (Å²) in [4.78, 5) is 13.8. The number of amides is 1. The fraction of sp³-hybridized carbons (Fsp3) is 0.312. The number of nitrogens with zero attached hydrogens (tertiary/aromatic N) is 2. The van der Waals surface area contributed by atoms with Crippen LogP contribution in [0, 0.1) is 0 Å². The van der Waals surface area contributed by atoms with E-state index in [0.29, 0.717) is 15.3 Å². The number of sulfonamides is 1. The Hall–Kier alpha value is -1.33. The van der Waals surface area contributed by atoms with Crippen LogP contribution in [0.5, 0.6) is 0 Å². The molecule has 1 aromatic heterocycles. The zero-order chi connectivity index (χ0) is 20.7. The molecule has 5 nitrogen and oxygen atoms in total. The van der Waals surface area contributed by atoms with Crippen molar-refractivity contribution < 1.29 is 26.4 Å². The van der Waals surface area contributed by atoms with E-state index in [-0.39, 0.29) is 32.1 Å². The number of alkyl halides is 3. The summed E-state index contributed by atoms with van der Waals surface area (Å²) in [5.74, 6) is -0.264. The van der Waals surface area contributed by atoms with Crippen molar-refractivity contribution in [2.75, 3.05) is 26.2 Å². The molecule has 1 amide bonds. The van der Waals surface area contributed by atoms with Gasteiger partial charge in [0.15, 0.2) is 0 Å². The van der Waals surface area contributed by atoms with Crippen LogP contribution in [0.1, 0.15) is 15.2 Å². The highest BCUT2D eigenvalue weighted by atomic mass is 35.5. The Morgan fingerprint density at radius 3 is 2.21 bits per heavy atom. The SMILES string of the molecule is O=C(c1ccc(Cl)s1)N1CCN(S(=O)(=O)c2ccc(Cl)c(C(F)(F)F)c2)CC1. The van der Waals surface area contributed by atoms with Gasteiger partial charge in [0.1, 0.15) is 0 Å². The van der Waals surface area contributed by atoms with Gasteiger partial charge in [-0.2, -0.15) is 17.5 Å². The van der Waals surface area contributed by atoms with E-state index in [4.69, 9.17) is 23.2 Å². The van der Waals surface area contributed by atoms with Gasteiger partial charge >= 0.3 is 6.18 Å². The summed E-state index contributed by atoms with van der Waals surface area (Å²) in [5.41, 5.74) is -1.21. The molecular weight excluding hydrogens is 460 g/mol. The second-order valence-electron chi connectivity index (χ2n) is 5.94. The van der Waals surface area contributed by atoms with Gasteiger partial charge in [-0.3, -0.25) is 4.79 Å². The molecule has 1 aliphatic heterocycles. The van der Waals surface area contributed by atoms with Crippen molar-refractivity contribution in [3.63, 3.8) is 0 Å². The van der Waals surface area contributed by atoms with E-state index in [2.05, 4.69) is 0 Å². The average molecular weight is 473 g/mol. The first-order chi connectivity index (χ1) is 13.0. The molecule has 0 spiro atoms. The van der Waals surface area contributed by atoms with Gasteiger partial charge in [-0.1, -0.05) is 23.2 Å². The van der Waals surface area contributed by atoms with E-state index in [0.717, 1.165) is 27.8 Å². The second-order valence-corrected chi connectivity index (χ2v) is 10.00. The normalized spacial score (nSPS) is 16.4. The molecule has 3 rings (SSSR count). The molecule has 0 bridgehead atoms. The Balaban J connectivity index is 1.76. The highest BCUT2D eigenvalue weighted by molar-refractivity contribution is 7.89. The van der Waals surface area contributed by atoms with Gasteiger partial charge in [-0.25, -0.2) is 8.42 Å².